The minimum absolute atomic E-state index is 0.104. The van der Waals surface area contributed by atoms with E-state index in [1.807, 2.05) is 0 Å². The number of rotatable bonds is 4. The van der Waals surface area contributed by atoms with Gasteiger partial charge in [0.2, 0.25) is 23.5 Å². The van der Waals surface area contributed by atoms with E-state index in [1.165, 1.54) is 0 Å². The van der Waals surface area contributed by atoms with Gasteiger partial charge in [-0.2, -0.15) is 0 Å². The second-order valence-electron chi connectivity index (χ2n) is 5.09. The molecule has 8 nitrogen and oxygen atoms in total. The molecule has 1 aromatic carbocycles. The van der Waals surface area contributed by atoms with Crippen LogP contribution in [0.5, 0.6) is 0 Å². The molecule has 0 atom stereocenters. The fourth-order valence-electron chi connectivity index (χ4n) is 2.46. The lowest BCUT2D eigenvalue weighted by Gasteiger charge is -2.13. The Bertz CT molecular complexity index is 823. The minimum atomic E-state index is -0.829. The van der Waals surface area contributed by atoms with Gasteiger partial charge in [-0.15, -0.1) is 0 Å². The first kappa shape index (κ1) is 14.8. The van der Waals surface area contributed by atoms with Crippen molar-refractivity contribution >= 4 is 40.3 Å². The van der Waals surface area contributed by atoms with Gasteiger partial charge < -0.3 is 15.5 Å². The fourth-order valence-corrected chi connectivity index (χ4v) is 2.46. The Balaban J connectivity index is 1.87. The summed E-state index contributed by atoms with van der Waals surface area (Å²) in [4.78, 5) is 47.6. The zero-order valence-corrected chi connectivity index (χ0v) is 12.0. The van der Waals surface area contributed by atoms with Gasteiger partial charge in [-0.05, 0) is 12.1 Å². The minimum Gasteiger partial charge on any atom is -0.449 e. The van der Waals surface area contributed by atoms with Gasteiger partial charge in [0.25, 0.3) is 5.91 Å². The smallest absolute Gasteiger partial charge is 0.286 e. The molecule has 0 spiro atoms. The van der Waals surface area contributed by atoms with Crippen molar-refractivity contribution in [3.8, 4) is 0 Å². The maximum Gasteiger partial charge on any atom is 0.286 e. The number of imide groups is 1. The second-order valence-corrected chi connectivity index (χ2v) is 5.09. The molecule has 1 aliphatic rings. The summed E-state index contributed by atoms with van der Waals surface area (Å²) in [5.74, 6) is -2.40. The van der Waals surface area contributed by atoms with Crippen LogP contribution >= 0.6 is 0 Å². The SMILES string of the molecule is NC(=O)c1oc2ccccc2c1NC(=O)CN1C(=O)CCC1=O. The molecule has 3 N–H and O–H groups in total. The van der Waals surface area contributed by atoms with Gasteiger partial charge in [0.1, 0.15) is 17.8 Å². The number of benzene rings is 1. The molecule has 118 valence electrons. The van der Waals surface area contributed by atoms with Crippen LogP contribution in [-0.2, 0) is 14.4 Å². The van der Waals surface area contributed by atoms with Crippen molar-refractivity contribution < 1.29 is 23.6 Å². The molecular weight excluding hydrogens is 302 g/mol. The molecule has 1 aromatic heterocycles. The summed E-state index contributed by atoms with van der Waals surface area (Å²) in [5, 5.41) is 3.01. The summed E-state index contributed by atoms with van der Waals surface area (Å²) >= 11 is 0. The molecule has 0 radical (unpaired) electrons. The monoisotopic (exact) mass is 315 g/mol. The molecule has 8 heteroatoms. The number of furan rings is 1. The summed E-state index contributed by atoms with van der Waals surface area (Å²) in [5.41, 5.74) is 5.79. The molecular formula is C15H13N3O5. The number of hydrogen-bond acceptors (Lipinski definition) is 5. The summed E-state index contributed by atoms with van der Waals surface area (Å²) < 4.78 is 5.34. The van der Waals surface area contributed by atoms with Crippen molar-refractivity contribution in [1.29, 1.82) is 0 Å². The molecule has 0 unspecified atom stereocenters. The fraction of sp³-hybridized carbons (Fsp3) is 0.200. The van der Waals surface area contributed by atoms with E-state index >= 15 is 0 Å². The number of nitrogens with two attached hydrogens (primary N) is 1. The number of para-hydroxylation sites is 1. The number of fused-ring (bicyclic) bond motifs is 1. The number of nitrogens with zero attached hydrogens (tertiary/aromatic N) is 1. The molecule has 2 aromatic rings. The van der Waals surface area contributed by atoms with Gasteiger partial charge in [-0.1, -0.05) is 12.1 Å². The van der Waals surface area contributed by atoms with Crippen LogP contribution in [0.1, 0.15) is 23.4 Å². The summed E-state index contributed by atoms with van der Waals surface area (Å²) in [7, 11) is 0. The van der Waals surface area contributed by atoms with E-state index < -0.39 is 30.2 Å². The molecule has 1 saturated heterocycles. The zero-order valence-electron chi connectivity index (χ0n) is 12.0. The van der Waals surface area contributed by atoms with Crippen molar-refractivity contribution in [3.63, 3.8) is 0 Å². The summed E-state index contributed by atoms with van der Waals surface area (Å²) in [6.45, 7) is -0.407. The van der Waals surface area contributed by atoms with Crippen LogP contribution in [0.2, 0.25) is 0 Å². The van der Waals surface area contributed by atoms with Crippen LogP contribution in [0.4, 0.5) is 5.69 Å². The number of carbonyl (C=O) groups is 4. The average Bonchev–Trinajstić information content (AvgIpc) is 3.03. The molecule has 0 saturated carbocycles. The highest BCUT2D eigenvalue weighted by Crippen LogP contribution is 2.30. The largest absolute Gasteiger partial charge is 0.449 e. The first-order valence-corrected chi connectivity index (χ1v) is 6.91. The third-order valence-corrected chi connectivity index (χ3v) is 3.54. The maximum absolute atomic E-state index is 12.1. The molecule has 0 bridgehead atoms. The average molecular weight is 315 g/mol. The molecule has 1 aliphatic heterocycles. The Morgan fingerprint density at radius 1 is 1.17 bits per heavy atom. The second kappa shape index (κ2) is 5.56. The first-order chi connectivity index (χ1) is 11.0. The number of amides is 4. The number of anilines is 1. The zero-order chi connectivity index (χ0) is 16.6. The molecule has 4 amide bonds. The predicted molar refractivity (Wildman–Crippen MR) is 79.3 cm³/mol. The van der Waals surface area contributed by atoms with Gasteiger partial charge in [-0.3, -0.25) is 24.1 Å². The third kappa shape index (κ3) is 2.66. The molecule has 0 aliphatic carbocycles. The Kier molecular flexibility index (Phi) is 3.57. The van der Waals surface area contributed by atoms with E-state index in [4.69, 9.17) is 10.2 Å². The van der Waals surface area contributed by atoms with Gasteiger partial charge in [0.15, 0.2) is 0 Å². The van der Waals surface area contributed by atoms with E-state index in [-0.39, 0.29) is 24.3 Å². The van der Waals surface area contributed by atoms with Gasteiger partial charge >= 0.3 is 0 Å². The summed E-state index contributed by atoms with van der Waals surface area (Å²) in [6.07, 6.45) is 0.209. The molecule has 1 fully saturated rings. The molecule has 23 heavy (non-hydrogen) atoms. The Morgan fingerprint density at radius 2 is 1.83 bits per heavy atom. The lowest BCUT2D eigenvalue weighted by molar-refractivity contribution is -0.141. The van der Waals surface area contributed by atoms with Gasteiger partial charge in [0, 0.05) is 18.2 Å². The number of primary amides is 1. The number of hydrogen-bond donors (Lipinski definition) is 2. The Morgan fingerprint density at radius 3 is 2.48 bits per heavy atom. The Labute approximate surface area is 130 Å². The van der Waals surface area contributed by atoms with Crippen LogP contribution < -0.4 is 11.1 Å². The van der Waals surface area contributed by atoms with Crippen LogP contribution in [0.25, 0.3) is 11.0 Å². The van der Waals surface area contributed by atoms with E-state index in [0.29, 0.717) is 11.0 Å². The van der Waals surface area contributed by atoms with Crippen LogP contribution in [0, 0.1) is 0 Å². The van der Waals surface area contributed by atoms with Crippen molar-refractivity contribution in [2.45, 2.75) is 12.8 Å². The van der Waals surface area contributed by atoms with Crippen molar-refractivity contribution in [2.24, 2.45) is 5.73 Å². The molecule has 3 rings (SSSR count). The maximum atomic E-state index is 12.1. The lowest BCUT2D eigenvalue weighted by atomic mass is 10.2. The number of nitrogens with one attached hydrogen (secondary N) is 1. The van der Waals surface area contributed by atoms with Crippen LogP contribution in [0.15, 0.2) is 28.7 Å². The van der Waals surface area contributed by atoms with E-state index in [1.54, 1.807) is 24.3 Å². The van der Waals surface area contributed by atoms with Crippen molar-refractivity contribution in [3.05, 3.63) is 30.0 Å². The molecule has 2 heterocycles. The van der Waals surface area contributed by atoms with Gasteiger partial charge in [0.05, 0.1) is 0 Å². The highest BCUT2D eigenvalue weighted by Gasteiger charge is 2.31. The van der Waals surface area contributed by atoms with E-state index in [2.05, 4.69) is 5.32 Å². The highest BCUT2D eigenvalue weighted by atomic mass is 16.3. The summed E-state index contributed by atoms with van der Waals surface area (Å²) in [6, 6.07) is 6.72. The van der Waals surface area contributed by atoms with Crippen LogP contribution in [0.3, 0.4) is 0 Å². The normalized spacial score (nSPS) is 14.5. The topological polar surface area (TPSA) is 123 Å². The van der Waals surface area contributed by atoms with Crippen molar-refractivity contribution in [1.82, 2.24) is 4.90 Å². The third-order valence-electron chi connectivity index (χ3n) is 3.54. The number of carbonyl (C=O) groups excluding carboxylic acids is 4. The highest BCUT2D eigenvalue weighted by molar-refractivity contribution is 6.12. The Hall–Kier alpha value is -3.16. The lowest BCUT2D eigenvalue weighted by Crippen LogP contribution is -2.37. The predicted octanol–water partition coefficient (Wildman–Crippen LogP) is 0.619. The van der Waals surface area contributed by atoms with E-state index in [9.17, 15) is 19.2 Å². The van der Waals surface area contributed by atoms with Crippen molar-refractivity contribution in [2.75, 3.05) is 11.9 Å². The van der Waals surface area contributed by atoms with Crippen LogP contribution in [-0.4, -0.2) is 35.1 Å². The number of likely N-dealkylation sites (tertiary alicyclic amines) is 1. The van der Waals surface area contributed by atoms with E-state index in [0.717, 1.165) is 4.90 Å². The first-order valence-electron chi connectivity index (χ1n) is 6.91. The standard InChI is InChI=1S/C15H13N3O5/c16-15(22)14-13(8-3-1-2-4-9(8)23-14)17-10(19)7-18-11(20)5-6-12(18)21/h1-4H,5-7H2,(H2,16,22)(H,17,19). The van der Waals surface area contributed by atoms with Gasteiger partial charge in [-0.25, -0.2) is 0 Å². The quantitative estimate of drug-likeness (QED) is 0.801.